The van der Waals surface area contributed by atoms with Gasteiger partial charge >= 0.3 is 0 Å². The molecule has 2 aromatic carbocycles. The number of ketones is 1. The summed E-state index contributed by atoms with van der Waals surface area (Å²) in [4.78, 5) is 32.9. The fraction of sp³-hybridized carbons (Fsp3) is 0.227. The van der Waals surface area contributed by atoms with E-state index in [9.17, 15) is 9.59 Å². The van der Waals surface area contributed by atoms with Gasteiger partial charge in [0.2, 0.25) is 5.91 Å². The van der Waals surface area contributed by atoms with Crippen LogP contribution in [0.2, 0.25) is 0 Å². The number of carbonyl (C=O) groups is 2. The van der Waals surface area contributed by atoms with Gasteiger partial charge in [-0.3, -0.25) is 9.59 Å². The second-order valence-electron chi connectivity index (χ2n) is 6.92. The molecule has 29 heavy (non-hydrogen) atoms. The summed E-state index contributed by atoms with van der Waals surface area (Å²) >= 11 is 0. The second kappa shape index (κ2) is 9.16. The van der Waals surface area contributed by atoms with Crippen LogP contribution < -0.4 is 16.8 Å². The van der Waals surface area contributed by atoms with E-state index in [0.717, 1.165) is 11.1 Å². The average Bonchev–Trinajstić information content (AvgIpc) is 3.26. The van der Waals surface area contributed by atoms with Gasteiger partial charge in [0.25, 0.3) is 0 Å². The van der Waals surface area contributed by atoms with Crippen LogP contribution in [0, 0.1) is 0 Å². The first-order chi connectivity index (χ1) is 14.0. The molecule has 0 unspecified atom stereocenters. The van der Waals surface area contributed by atoms with Crippen molar-refractivity contribution < 1.29 is 9.59 Å². The third-order valence-corrected chi connectivity index (χ3v) is 4.95. The number of nitrogens with zero attached hydrogens (tertiary/aromatic N) is 1. The first-order valence-corrected chi connectivity index (χ1v) is 9.48. The lowest BCUT2D eigenvalue weighted by molar-refractivity contribution is -0.134. The van der Waals surface area contributed by atoms with Gasteiger partial charge in [-0.2, -0.15) is 0 Å². The number of hydrogen-bond donors (Lipinski definition) is 4. The minimum atomic E-state index is -1.78. The number of nitrogens with one attached hydrogen (secondary N) is 2. The molecule has 0 saturated heterocycles. The van der Waals surface area contributed by atoms with Gasteiger partial charge in [0.1, 0.15) is 0 Å². The van der Waals surface area contributed by atoms with Crippen LogP contribution in [0.25, 0.3) is 0 Å². The molecule has 1 amide bonds. The highest BCUT2D eigenvalue weighted by Gasteiger charge is 2.44. The molecule has 0 spiro atoms. The number of anilines is 1. The van der Waals surface area contributed by atoms with Crippen molar-refractivity contribution in [2.24, 2.45) is 11.5 Å². The highest BCUT2D eigenvalue weighted by molar-refractivity contribution is 6.13. The van der Waals surface area contributed by atoms with Gasteiger partial charge in [0.05, 0.1) is 5.92 Å². The summed E-state index contributed by atoms with van der Waals surface area (Å²) < 4.78 is 0. The molecule has 1 atom stereocenters. The van der Waals surface area contributed by atoms with E-state index in [1.165, 1.54) is 0 Å². The van der Waals surface area contributed by atoms with E-state index in [2.05, 4.69) is 15.3 Å². The van der Waals surface area contributed by atoms with Crippen LogP contribution in [-0.4, -0.2) is 33.7 Å². The lowest BCUT2D eigenvalue weighted by atomic mass is 9.76. The molecule has 6 N–H and O–H groups in total. The van der Waals surface area contributed by atoms with Crippen LogP contribution in [0.1, 0.15) is 29.9 Å². The Labute approximate surface area is 169 Å². The zero-order valence-electron chi connectivity index (χ0n) is 16.0. The Morgan fingerprint density at radius 1 is 1.03 bits per heavy atom. The Kier molecular flexibility index (Phi) is 6.41. The third-order valence-electron chi connectivity index (χ3n) is 4.95. The number of hydrogen-bond acceptors (Lipinski definition) is 5. The molecular formula is C22H25N5O2. The summed E-state index contributed by atoms with van der Waals surface area (Å²) in [5, 5.41) is 3.08. The second-order valence-corrected chi connectivity index (χ2v) is 6.92. The summed E-state index contributed by atoms with van der Waals surface area (Å²) in [6.45, 7) is 0.494. The van der Waals surface area contributed by atoms with Crippen LogP contribution in [0.15, 0.2) is 73.1 Å². The molecule has 0 saturated carbocycles. The number of aromatic amines is 1. The zero-order chi connectivity index (χ0) is 20.7. The number of Topliss-reactive ketones (excluding diaryl/α,β-unsaturated/α-hetero) is 1. The number of benzene rings is 2. The highest BCUT2D eigenvalue weighted by Crippen LogP contribution is 2.30. The molecule has 0 radical (unpaired) electrons. The molecule has 0 aliphatic carbocycles. The van der Waals surface area contributed by atoms with Crippen molar-refractivity contribution in [3.05, 3.63) is 84.2 Å². The van der Waals surface area contributed by atoms with E-state index < -0.39 is 23.1 Å². The van der Waals surface area contributed by atoms with Crippen LogP contribution in [0.3, 0.4) is 0 Å². The van der Waals surface area contributed by atoms with Crippen molar-refractivity contribution in [2.75, 3.05) is 11.9 Å². The molecule has 7 heteroatoms. The molecule has 7 nitrogen and oxygen atoms in total. The molecule has 150 valence electrons. The van der Waals surface area contributed by atoms with Crippen molar-refractivity contribution in [1.82, 2.24) is 9.97 Å². The van der Waals surface area contributed by atoms with Crippen molar-refractivity contribution in [3.63, 3.8) is 0 Å². The predicted molar refractivity (Wildman–Crippen MR) is 112 cm³/mol. The number of aromatic nitrogens is 2. The number of nitrogens with two attached hydrogens (primary N) is 2. The largest absolute Gasteiger partial charge is 0.368 e. The standard InChI is InChI=1S/C22H25N5O2/c23-20(29)22(24,12-7-13-25-21-26-14-15-27-21)19(28)18(16-8-3-1-4-9-16)17-10-5-2-6-11-17/h1-6,8-11,14-15,18H,7,12-13,24H2,(H2,23,29)(H2,25,26,27)/t22-/m1/s1. The maximum atomic E-state index is 13.6. The Morgan fingerprint density at radius 3 is 2.10 bits per heavy atom. The Bertz CT molecular complexity index is 889. The number of imidazole rings is 1. The average molecular weight is 391 g/mol. The molecule has 0 fully saturated rings. The Morgan fingerprint density at radius 2 is 1.62 bits per heavy atom. The van der Waals surface area contributed by atoms with Crippen molar-refractivity contribution in [3.8, 4) is 0 Å². The van der Waals surface area contributed by atoms with Gasteiger partial charge in [-0.05, 0) is 24.0 Å². The molecule has 0 aliphatic heterocycles. The lowest BCUT2D eigenvalue weighted by Crippen LogP contribution is -2.59. The highest BCUT2D eigenvalue weighted by atomic mass is 16.2. The minimum absolute atomic E-state index is 0.130. The van der Waals surface area contributed by atoms with E-state index in [-0.39, 0.29) is 6.42 Å². The fourth-order valence-corrected chi connectivity index (χ4v) is 3.35. The Balaban J connectivity index is 1.83. The summed E-state index contributed by atoms with van der Waals surface area (Å²) in [6, 6.07) is 18.6. The topological polar surface area (TPSA) is 127 Å². The number of amides is 1. The van der Waals surface area contributed by atoms with Crippen LogP contribution >= 0.6 is 0 Å². The van der Waals surface area contributed by atoms with Gasteiger partial charge in [-0.1, -0.05) is 60.7 Å². The molecule has 0 aliphatic rings. The molecule has 3 aromatic rings. The van der Waals surface area contributed by atoms with Gasteiger partial charge < -0.3 is 21.8 Å². The minimum Gasteiger partial charge on any atom is -0.368 e. The lowest BCUT2D eigenvalue weighted by Gasteiger charge is -2.29. The van der Waals surface area contributed by atoms with Gasteiger partial charge in [0.15, 0.2) is 17.3 Å². The smallest absolute Gasteiger partial charge is 0.245 e. The quantitative estimate of drug-likeness (QED) is 0.311. The third kappa shape index (κ3) is 4.70. The molecule has 1 heterocycles. The van der Waals surface area contributed by atoms with E-state index in [4.69, 9.17) is 11.5 Å². The van der Waals surface area contributed by atoms with E-state index >= 15 is 0 Å². The maximum absolute atomic E-state index is 13.6. The predicted octanol–water partition coefficient (Wildman–Crippen LogP) is 2.19. The summed E-state index contributed by atoms with van der Waals surface area (Å²) in [5.74, 6) is -1.28. The Hall–Kier alpha value is -3.45. The SMILES string of the molecule is NC(=O)[C@@](N)(CCCNc1ncc[nH]1)C(=O)C(c1ccccc1)c1ccccc1. The first-order valence-electron chi connectivity index (χ1n) is 9.48. The molecule has 0 bridgehead atoms. The molecule has 3 rings (SSSR count). The zero-order valence-corrected chi connectivity index (χ0v) is 16.0. The van der Waals surface area contributed by atoms with Crippen molar-refractivity contribution in [1.29, 1.82) is 0 Å². The number of rotatable bonds is 10. The van der Waals surface area contributed by atoms with Crippen LogP contribution in [0.5, 0.6) is 0 Å². The summed E-state index contributed by atoms with van der Waals surface area (Å²) in [5.41, 5.74) is 11.7. The van der Waals surface area contributed by atoms with Gasteiger partial charge in [0, 0.05) is 18.9 Å². The monoisotopic (exact) mass is 391 g/mol. The van der Waals surface area contributed by atoms with E-state index in [1.54, 1.807) is 12.4 Å². The van der Waals surface area contributed by atoms with Crippen LogP contribution in [-0.2, 0) is 9.59 Å². The number of primary amides is 1. The molecular weight excluding hydrogens is 366 g/mol. The maximum Gasteiger partial charge on any atom is 0.245 e. The normalized spacial score (nSPS) is 13.0. The number of H-pyrrole nitrogens is 1. The van der Waals surface area contributed by atoms with Crippen LogP contribution in [0.4, 0.5) is 5.95 Å². The molecule has 1 aromatic heterocycles. The first kappa shape index (κ1) is 20.3. The van der Waals surface area contributed by atoms with Crippen molar-refractivity contribution >= 4 is 17.6 Å². The van der Waals surface area contributed by atoms with E-state index in [1.807, 2.05) is 60.7 Å². The summed E-state index contributed by atoms with van der Waals surface area (Å²) in [7, 11) is 0. The fourth-order valence-electron chi connectivity index (χ4n) is 3.35. The van der Waals surface area contributed by atoms with E-state index in [0.29, 0.717) is 18.9 Å². The van der Waals surface area contributed by atoms with Gasteiger partial charge in [-0.15, -0.1) is 0 Å². The van der Waals surface area contributed by atoms with Gasteiger partial charge in [-0.25, -0.2) is 4.98 Å². The van der Waals surface area contributed by atoms with Crippen molar-refractivity contribution in [2.45, 2.75) is 24.3 Å². The number of carbonyl (C=O) groups excluding carboxylic acids is 2. The summed E-state index contributed by atoms with van der Waals surface area (Å²) in [6.07, 6.45) is 3.94.